The number of hydrogen-bond donors (Lipinski definition) is 1. The van der Waals surface area contributed by atoms with Crippen LogP contribution in [0, 0.1) is 0 Å². The van der Waals surface area contributed by atoms with Crippen molar-refractivity contribution in [1.29, 1.82) is 0 Å². The van der Waals surface area contributed by atoms with E-state index in [2.05, 4.69) is 15.4 Å². The van der Waals surface area contributed by atoms with Crippen LogP contribution in [0.25, 0.3) is 11.3 Å². The molecule has 3 aromatic rings. The number of anilines is 1. The van der Waals surface area contributed by atoms with E-state index < -0.39 is 6.09 Å². The van der Waals surface area contributed by atoms with Crippen LogP contribution in [0.15, 0.2) is 65.7 Å². The van der Waals surface area contributed by atoms with Gasteiger partial charge in [0.1, 0.15) is 0 Å². The molecule has 0 spiro atoms. The van der Waals surface area contributed by atoms with Gasteiger partial charge in [-0.1, -0.05) is 12.1 Å². The molecule has 3 rings (SSSR count). The van der Waals surface area contributed by atoms with Crippen molar-refractivity contribution in [3.63, 3.8) is 0 Å². The van der Waals surface area contributed by atoms with Crippen LogP contribution >= 0.6 is 12.4 Å². The van der Waals surface area contributed by atoms with Gasteiger partial charge in [0, 0.05) is 36.3 Å². The minimum absolute atomic E-state index is 0. The van der Waals surface area contributed by atoms with E-state index in [0.717, 1.165) is 24.1 Å². The summed E-state index contributed by atoms with van der Waals surface area (Å²) >= 11 is 0. The number of amides is 1. The first-order valence-electron chi connectivity index (χ1n) is 9.67. The second-order valence-corrected chi connectivity index (χ2v) is 7.07. The minimum atomic E-state index is -0.500. The van der Waals surface area contributed by atoms with Gasteiger partial charge in [-0.05, 0) is 56.4 Å². The van der Waals surface area contributed by atoms with E-state index in [0.29, 0.717) is 18.0 Å². The lowest BCUT2D eigenvalue weighted by molar-refractivity contribution is 0.156. The summed E-state index contributed by atoms with van der Waals surface area (Å²) < 4.78 is 6.58. The number of nitrogens with one attached hydrogen (secondary N) is 1. The topological polar surface area (TPSA) is 89.3 Å². The van der Waals surface area contributed by atoms with Gasteiger partial charge in [0.2, 0.25) is 0 Å². The van der Waals surface area contributed by atoms with Gasteiger partial charge in [0.15, 0.2) is 0 Å². The van der Waals surface area contributed by atoms with Crippen molar-refractivity contribution in [3.8, 4) is 11.3 Å². The maximum atomic E-state index is 12.3. The van der Waals surface area contributed by atoms with Crippen LogP contribution in [0.3, 0.4) is 0 Å². The molecule has 2 aromatic heterocycles. The maximum absolute atomic E-state index is 12.3. The average Bonchev–Trinajstić information content (AvgIpc) is 2.73. The summed E-state index contributed by atoms with van der Waals surface area (Å²) in [6.45, 7) is 1.48. The van der Waals surface area contributed by atoms with Crippen LogP contribution in [0.4, 0.5) is 10.5 Å². The molecule has 2 heterocycles. The Morgan fingerprint density at radius 3 is 2.74 bits per heavy atom. The third-order valence-electron chi connectivity index (χ3n) is 4.31. The minimum Gasteiger partial charge on any atom is -0.449 e. The van der Waals surface area contributed by atoms with Crippen molar-refractivity contribution in [2.45, 2.75) is 13.0 Å². The van der Waals surface area contributed by atoms with Gasteiger partial charge in [0.05, 0.1) is 18.8 Å². The lowest BCUT2D eigenvalue weighted by Gasteiger charge is -2.11. The Morgan fingerprint density at radius 1 is 1.16 bits per heavy atom. The van der Waals surface area contributed by atoms with Crippen LogP contribution in [0.5, 0.6) is 0 Å². The Bertz CT molecular complexity index is 1040. The highest BCUT2D eigenvalue weighted by Gasteiger charge is 2.07. The number of ether oxygens (including phenoxy) is 1. The van der Waals surface area contributed by atoms with E-state index in [1.807, 2.05) is 43.3 Å². The van der Waals surface area contributed by atoms with Crippen molar-refractivity contribution in [2.75, 3.05) is 32.6 Å². The van der Waals surface area contributed by atoms with E-state index in [-0.39, 0.29) is 24.5 Å². The van der Waals surface area contributed by atoms with Crippen LogP contribution in [-0.4, -0.2) is 53.0 Å². The summed E-state index contributed by atoms with van der Waals surface area (Å²) in [7, 11) is 3.94. The Morgan fingerprint density at radius 2 is 2.00 bits per heavy atom. The van der Waals surface area contributed by atoms with Gasteiger partial charge in [0.25, 0.3) is 5.56 Å². The van der Waals surface area contributed by atoms with Gasteiger partial charge < -0.3 is 9.64 Å². The van der Waals surface area contributed by atoms with Crippen molar-refractivity contribution in [2.24, 2.45) is 0 Å². The first kappa shape index (κ1) is 24.0. The number of pyridine rings is 1. The molecule has 0 aliphatic heterocycles. The molecule has 0 aliphatic carbocycles. The predicted octanol–water partition coefficient (Wildman–Crippen LogP) is 3.28. The number of hydrogen-bond acceptors (Lipinski definition) is 6. The predicted molar refractivity (Wildman–Crippen MR) is 123 cm³/mol. The SMILES string of the molecule is CN(C)CCCOC(=O)Nc1cccc(Cn2nc(-c3cccnc3)ccc2=O)c1.Cl. The van der Waals surface area contributed by atoms with E-state index in [4.69, 9.17) is 4.74 Å². The molecule has 1 N–H and O–H groups in total. The molecule has 1 aromatic carbocycles. The van der Waals surface area contributed by atoms with Crippen molar-refractivity contribution in [3.05, 3.63) is 76.8 Å². The number of aromatic nitrogens is 3. The fourth-order valence-corrected chi connectivity index (χ4v) is 2.85. The lowest BCUT2D eigenvalue weighted by Crippen LogP contribution is -2.23. The van der Waals surface area contributed by atoms with E-state index in [1.54, 1.807) is 30.6 Å². The van der Waals surface area contributed by atoms with E-state index in [1.165, 1.54) is 10.7 Å². The lowest BCUT2D eigenvalue weighted by atomic mass is 10.2. The van der Waals surface area contributed by atoms with Crippen molar-refractivity contribution < 1.29 is 9.53 Å². The summed E-state index contributed by atoms with van der Waals surface area (Å²) in [5.74, 6) is 0. The molecule has 8 nitrogen and oxygen atoms in total. The third-order valence-corrected chi connectivity index (χ3v) is 4.31. The number of rotatable bonds is 8. The summed E-state index contributed by atoms with van der Waals surface area (Å²) in [6.07, 6.45) is 3.65. The van der Waals surface area contributed by atoms with Crippen LogP contribution in [-0.2, 0) is 11.3 Å². The van der Waals surface area contributed by atoms with Gasteiger partial charge in [-0.25, -0.2) is 9.48 Å². The smallest absolute Gasteiger partial charge is 0.411 e. The highest BCUT2D eigenvalue weighted by atomic mass is 35.5. The van der Waals surface area contributed by atoms with Gasteiger partial charge in [-0.2, -0.15) is 5.10 Å². The zero-order valence-corrected chi connectivity index (χ0v) is 18.3. The molecule has 1 amide bonds. The first-order chi connectivity index (χ1) is 14.5. The Hall–Kier alpha value is -3.23. The second-order valence-electron chi connectivity index (χ2n) is 7.07. The molecule has 0 saturated heterocycles. The van der Waals surface area contributed by atoms with Crippen molar-refractivity contribution >= 4 is 24.2 Å². The van der Waals surface area contributed by atoms with Gasteiger partial charge in [-0.3, -0.25) is 15.1 Å². The summed E-state index contributed by atoms with van der Waals surface area (Å²) in [5, 5.41) is 7.16. The van der Waals surface area contributed by atoms with Crippen LogP contribution in [0.1, 0.15) is 12.0 Å². The normalized spacial score (nSPS) is 10.4. The Kier molecular flexibility index (Phi) is 9.17. The highest BCUT2D eigenvalue weighted by Crippen LogP contribution is 2.15. The number of nitrogens with zero attached hydrogens (tertiary/aromatic N) is 4. The number of carbonyl (C=O) groups excluding carboxylic acids is 1. The van der Waals surface area contributed by atoms with E-state index in [9.17, 15) is 9.59 Å². The molecule has 164 valence electrons. The van der Waals surface area contributed by atoms with Gasteiger partial charge in [-0.15, -0.1) is 12.4 Å². The molecule has 0 unspecified atom stereocenters. The molecule has 0 atom stereocenters. The fraction of sp³-hybridized carbons (Fsp3) is 0.273. The maximum Gasteiger partial charge on any atom is 0.411 e. The highest BCUT2D eigenvalue weighted by molar-refractivity contribution is 5.85. The van der Waals surface area contributed by atoms with Gasteiger partial charge >= 0.3 is 6.09 Å². The van der Waals surface area contributed by atoms with Crippen molar-refractivity contribution in [1.82, 2.24) is 19.7 Å². The number of carbonyl (C=O) groups is 1. The molecule has 0 radical (unpaired) electrons. The standard InChI is InChI=1S/C22H25N5O3.ClH/c1-26(2)12-5-13-30-22(29)24-19-8-3-6-17(14-19)16-27-21(28)10-9-20(25-27)18-7-4-11-23-15-18;/h3-4,6-11,14-15H,5,12-13,16H2,1-2H3,(H,24,29);1H. The largest absolute Gasteiger partial charge is 0.449 e. The molecular formula is C22H26ClN5O3. The third kappa shape index (κ3) is 7.51. The number of halogens is 1. The average molecular weight is 444 g/mol. The number of benzene rings is 1. The first-order valence-corrected chi connectivity index (χ1v) is 9.67. The monoisotopic (exact) mass is 443 g/mol. The molecule has 0 fully saturated rings. The molecule has 0 bridgehead atoms. The quantitative estimate of drug-likeness (QED) is 0.537. The fourth-order valence-electron chi connectivity index (χ4n) is 2.85. The molecule has 31 heavy (non-hydrogen) atoms. The van der Waals surface area contributed by atoms with Crippen LogP contribution in [0.2, 0.25) is 0 Å². The molecule has 9 heteroatoms. The summed E-state index contributed by atoms with van der Waals surface area (Å²) in [6, 6.07) is 14.1. The Balaban J connectivity index is 0.00000341. The Labute approximate surface area is 187 Å². The zero-order chi connectivity index (χ0) is 21.3. The zero-order valence-electron chi connectivity index (χ0n) is 17.5. The summed E-state index contributed by atoms with van der Waals surface area (Å²) in [5.41, 5.74) is 2.72. The summed E-state index contributed by atoms with van der Waals surface area (Å²) in [4.78, 5) is 30.3. The second kappa shape index (κ2) is 11.8. The van der Waals surface area contributed by atoms with Crippen LogP contribution < -0.4 is 10.9 Å². The molecular weight excluding hydrogens is 418 g/mol. The van der Waals surface area contributed by atoms with E-state index >= 15 is 0 Å². The molecule has 0 saturated carbocycles. The molecule has 0 aliphatic rings.